The summed E-state index contributed by atoms with van der Waals surface area (Å²) in [5, 5.41) is 12.7. The van der Waals surface area contributed by atoms with Crippen molar-refractivity contribution in [1.29, 1.82) is 5.53 Å². The van der Waals surface area contributed by atoms with E-state index in [-0.39, 0.29) is 16.6 Å². The maximum absolute atomic E-state index is 13.6. The van der Waals surface area contributed by atoms with Crippen LogP contribution >= 0.6 is 15.9 Å². The third kappa shape index (κ3) is 2.92. The lowest BCUT2D eigenvalue weighted by atomic mass is 10.1. The Hall–Kier alpha value is -1.76. The monoisotopic (exact) mass is 316 g/mol. The van der Waals surface area contributed by atoms with Gasteiger partial charge in [0.2, 0.25) is 5.70 Å². The van der Waals surface area contributed by atoms with Gasteiger partial charge in [0.05, 0.1) is 12.2 Å². The zero-order chi connectivity index (χ0) is 13.7. The van der Waals surface area contributed by atoms with Crippen molar-refractivity contribution in [2.75, 3.05) is 6.61 Å². The van der Waals surface area contributed by atoms with Gasteiger partial charge in [-0.3, -0.25) is 0 Å². The number of carbonyl (C=O) groups is 1. The SMILES string of the molecule is CCOC(=O)/C(N=N)=C(\O)c1c(F)cccc1Br. The molecule has 1 aromatic carbocycles. The van der Waals surface area contributed by atoms with E-state index in [4.69, 9.17) is 5.53 Å². The summed E-state index contributed by atoms with van der Waals surface area (Å²) in [6, 6.07) is 4.03. The molecule has 2 N–H and O–H groups in total. The first-order chi connectivity index (χ1) is 8.52. The van der Waals surface area contributed by atoms with Crippen molar-refractivity contribution in [2.24, 2.45) is 5.11 Å². The molecule has 0 saturated carbocycles. The molecule has 7 heteroatoms. The Kier molecular flexibility index (Phi) is 4.96. The molecule has 1 rings (SSSR count). The summed E-state index contributed by atoms with van der Waals surface area (Å²) >= 11 is 3.04. The largest absolute Gasteiger partial charge is 0.505 e. The zero-order valence-electron chi connectivity index (χ0n) is 9.41. The van der Waals surface area contributed by atoms with Crippen molar-refractivity contribution in [3.8, 4) is 0 Å². The van der Waals surface area contributed by atoms with Gasteiger partial charge in [-0.15, -0.1) is 5.11 Å². The molecule has 0 unspecified atom stereocenters. The predicted octanol–water partition coefficient (Wildman–Crippen LogP) is 3.41. The standard InChI is InChI=1S/C11H10BrFN2O3/c1-2-18-11(17)9(15-14)10(16)8-6(12)4-3-5-7(8)13/h3-5,14,16H,2H2,1H3/b10-9+,15-14?. The fourth-order valence-corrected chi connectivity index (χ4v) is 1.77. The number of nitrogens with zero attached hydrogens (tertiary/aromatic N) is 1. The number of benzene rings is 1. The van der Waals surface area contributed by atoms with Crippen LogP contribution in [0.15, 0.2) is 33.5 Å². The summed E-state index contributed by atoms with van der Waals surface area (Å²) in [6.07, 6.45) is 0. The van der Waals surface area contributed by atoms with Gasteiger partial charge in [0.15, 0.2) is 5.76 Å². The smallest absolute Gasteiger partial charge is 0.362 e. The number of esters is 1. The van der Waals surface area contributed by atoms with Gasteiger partial charge >= 0.3 is 5.97 Å². The summed E-state index contributed by atoms with van der Waals surface area (Å²) in [7, 11) is 0. The summed E-state index contributed by atoms with van der Waals surface area (Å²) in [6.45, 7) is 1.62. The van der Waals surface area contributed by atoms with Gasteiger partial charge in [-0.2, -0.15) is 0 Å². The van der Waals surface area contributed by atoms with Crippen molar-refractivity contribution >= 4 is 27.7 Å². The van der Waals surface area contributed by atoms with Crippen LogP contribution in [0.1, 0.15) is 12.5 Å². The number of aliphatic hydroxyl groups excluding tert-OH is 1. The van der Waals surface area contributed by atoms with Crippen LogP contribution in [0.4, 0.5) is 4.39 Å². The zero-order valence-corrected chi connectivity index (χ0v) is 11.0. The minimum atomic E-state index is -0.986. The van der Waals surface area contributed by atoms with Gasteiger partial charge in [0.25, 0.3) is 0 Å². The van der Waals surface area contributed by atoms with Gasteiger partial charge in [0.1, 0.15) is 5.82 Å². The molecular formula is C11H10BrFN2O3. The Balaban J connectivity index is 3.36. The van der Waals surface area contributed by atoms with E-state index in [0.717, 1.165) is 6.07 Å². The molecule has 0 heterocycles. The quantitative estimate of drug-likeness (QED) is 0.386. The molecule has 0 spiro atoms. The maximum Gasteiger partial charge on any atom is 0.362 e. The number of carbonyl (C=O) groups excluding carboxylic acids is 1. The molecule has 0 amide bonds. The van der Waals surface area contributed by atoms with E-state index in [9.17, 15) is 14.3 Å². The highest BCUT2D eigenvalue weighted by Crippen LogP contribution is 2.28. The van der Waals surface area contributed by atoms with E-state index in [2.05, 4.69) is 25.8 Å². The molecule has 0 fully saturated rings. The van der Waals surface area contributed by atoms with Crippen LogP contribution in [0, 0.1) is 11.3 Å². The van der Waals surface area contributed by atoms with E-state index in [1.165, 1.54) is 12.1 Å². The summed E-state index contributed by atoms with van der Waals surface area (Å²) < 4.78 is 18.4. The van der Waals surface area contributed by atoms with Crippen LogP contribution < -0.4 is 0 Å². The van der Waals surface area contributed by atoms with Crippen LogP contribution in [0.5, 0.6) is 0 Å². The average molecular weight is 317 g/mol. The number of nitrogens with one attached hydrogen (secondary N) is 1. The summed E-state index contributed by atoms with van der Waals surface area (Å²) in [5.74, 6) is -2.47. The van der Waals surface area contributed by atoms with Crippen molar-refractivity contribution in [1.82, 2.24) is 0 Å². The Bertz CT molecular complexity index is 497. The van der Waals surface area contributed by atoms with Gasteiger partial charge in [-0.25, -0.2) is 14.7 Å². The number of aliphatic hydroxyl groups is 1. The van der Waals surface area contributed by atoms with Crippen LogP contribution in [-0.2, 0) is 9.53 Å². The number of hydrogen-bond donors (Lipinski definition) is 2. The number of hydrogen-bond acceptors (Lipinski definition) is 5. The van der Waals surface area contributed by atoms with Gasteiger partial charge in [-0.05, 0) is 35.0 Å². The highest BCUT2D eigenvalue weighted by Gasteiger charge is 2.21. The van der Waals surface area contributed by atoms with Gasteiger partial charge < -0.3 is 9.84 Å². The van der Waals surface area contributed by atoms with E-state index < -0.39 is 23.2 Å². The van der Waals surface area contributed by atoms with E-state index in [1.54, 1.807) is 6.92 Å². The van der Waals surface area contributed by atoms with E-state index in [0.29, 0.717) is 0 Å². The van der Waals surface area contributed by atoms with Crippen molar-refractivity contribution in [3.05, 3.63) is 39.7 Å². The molecule has 96 valence electrons. The van der Waals surface area contributed by atoms with Crippen molar-refractivity contribution in [3.63, 3.8) is 0 Å². The topological polar surface area (TPSA) is 82.7 Å². The van der Waals surface area contributed by atoms with E-state index >= 15 is 0 Å². The lowest BCUT2D eigenvalue weighted by Crippen LogP contribution is -2.09. The Labute approximate surface area is 111 Å². The molecule has 1 aromatic rings. The molecule has 18 heavy (non-hydrogen) atoms. The second-order valence-electron chi connectivity index (χ2n) is 3.13. The molecular weight excluding hydrogens is 307 g/mol. The lowest BCUT2D eigenvalue weighted by Gasteiger charge is -2.07. The minimum Gasteiger partial charge on any atom is -0.505 e. The predicted molar refractivity (Wildman–Crippen MR) is 65.4 cm³/mol. The van der Waals surface area contributed by atoms with Gasteiger partial charge in [-0.1, -0.05) is 6.07 Å². The maximum atomic E-state index is 13.6. The fraction of sp³-hybridized carbons (Fsp3) is 0.182. The fourth-order valence-electron chi connectivity index (χ4n) is 1.24. The molecule has 5 nitrogen and oxygen atoms in total. The first-order valence-electron chi connectivity index (χ1n) is 4.95. The van der Waals surface area contributed by atoms with Crippen LogP contribution in [0.25, 0.3) is 5.76 Å². The number of ether oxygens (including phenoxy) is 1. The Morgan fingerprint density at radius 2 is 2.28 bits per heavy atom. The molecule has 0 atom stereocenters. The molecule has 0 bridgehead atoms. The summed E-state index contributed by atoms with van der Waals surface area (Å²) in [5.41, 5.74) is 5.97. The first kappa shape index (κ1) is 14.3. The van der Waals surface area contributed by atoms with Crippen LogP contribution in [0.3, 0.4) is 0 Å². The minimum absolute atomic E-state index is 0.0591. The molecule has 0 aliphatic carbocycles. The third-order valence-electron chi connectivity index (χ3n) is 2.00. The van der Waals surface area contributed by atoms with Crippen LogP contribution in [-0.4, -0.2) is 17.7 Å². The third-order valence-corrected chi connectivity index (χ3v) is 2.67. The Morgan fingerprint density at radius 3 is 2.78 bits per heavy atom. The van der Waals surface area contributed by atoms with Gasteiger partial charge in [0, 0.05) is 4.47 Å². The lowest BCUT2D eigenvalue weighted by molar-refractivity contribution is -0.138. The summed E-state index contributed by atoms with van der Waals surface area (Å²) in [4.78, 5) is 11.4. The van der Waals surface area contributed by atoms with Crippen molar-refractivity contribution in [2.45, 2.75) is 6.92 Å². The number of rotatable bonds is 4. The molecule has 0 aliphatic rings. The first-order valence-corrected chi connectivity index (χ1v) is 5.74. The number of halogens is 2. The molecule has 0 aliphatic heterocycles. The van der Waals surface area contributed by atoms with E-state index in [1.807, 2.05) is 0 Å². The van der Waals surface area contributed by atoms with Crippen LogP contribution in [0.2, 0.25) is 0 Å². The van der Waals surface area contributed by atoms with Crippen molar-refractivity contribution < 1.29 is 19.0 Å². The molecule has 0 aromatic heterocycles. The molecule has 0 radical (unpaired) electrons. The highest BCUT2D eigenvalue weighted by atomic mass is 79.9. The second-order valence-corrected chi connectivity index (χ2v) is 3.98. The Morgan fingerprint density at radius 1 is 1.61 bits per heavy atom. The normalized spacial score (nSPS) is 11.7. The highest BCUT2D eigenvalue weighted by molar-refractivity contribution is 9.10. The average Bonchev–Trinajstić information content (AvgIpc) is 2.30. The second kappa shape index (κ2) is 6.25. The molecule has 0 saturated heterocycles.